The van der Waals surface area contributed by atoms with E-state index in [1.165, 1.54) is 7.11 Å². The van der Waals surface area contributed by atoms with Crippen molar-refractivity contribution >= 4 is 23.4 Å². The molecule has 2 aliphatic rings. The van der Waals surface area contributed by atoms with E-state index in [2.05, 4.69) is 17.4 Å². The zero-order valence-corrected chi connectivity index (χ0v) is 21.1. The van der Waals surface area contributed by atoms with Crippen LogP contribution in [-0.2, 0) is 20.9 Å². The number of hydrogen-bond donors (Lipinski definition) is 1. The molecule has 0 saturated heterocycles. The molecule has 0 amide bonds. The van der Waals surface area contributed by atoms with Gasteiger partial charge in [0.05, 0.1) is 12.7 Å². The second-order valence-electron chi connectivity index (χ2n) is 9.09. The Kier molecular flexibility index (Phi) is 6.85. The maximum absolute atomic E-state index is 13.1. The van der Waals surface area contributed by atoms with Crippen molar-refractivity contribution in [3.05, 3.63) is 85.7 Å². The highest BCUT2D eigenvalue weighted by molar-refractivity contribution is 6.30. The van der Waals surface area contributed by atoms with Gasteiger partial charge in [0, 0.05) is 34.3 Å². The maximum Gasteiger partial charge on any atom is 0.336 e. The lowest BCUT2D eigenvalue weighted by Crippen LogP contribution is -2.34. The SMILES string of the molecule is COC(=O)C1=C(C)NC2=C(C(=O)CCC2)[C@H]1c1cc(COc2ccc(Cl)cc2C)c(C)cc1C. The van der Waals surface area contributed by atoms with Gasteiger partial charge in [-0.2, -0.15) is 0 Å². The smallest absolute Gasteiger partial charge is 0.336 e. The highest BCUT2D eigenvalue weighted by atomic mass is 35.5. The van der Waals surface area contributed by atoms with Gasteiger partial charge in [0.15, 0.2) is 5.78 Å². The molecule has 1 heterocycles. The molecule has 0 spiro atoms. The van der Waals surface area contributed by atoms with Gasteiger partial charge in [0.1, 0.15) is 12.4 Å². The average Bonchev–Trinajstić information content (AvgIpc) is 2.78. The minimum Gasteiger partial charge on any atom is -0.489 e. The molecule has 1 atom stereocenters. The predicted octanol–water partition coefficient (Wildman–Crippen LogP) is 5.99. The largest absolute Gasteiger partial charge is 0.489 e. The lowest BCUT2D eigenvalue weighted by molar-refractivity contribution is -0.136. The summed E-state index contributed by atoms with van der Waals surface area (Å²) in [6.45, 7) is 8.27. The number of methoxy groups -OCH3 is 1. The molecular formula is C28H30ClNO4. The van der Waals surface area contributed by atoms with Crippen LogP contribution in [0, 0.1) is 20.8 Å². The van der Waals surface area contributed by atoms with Crippen LogP contribution in [0.5, 0.6) is 5.75 Å². The number of halogens is 1. The summed E-state index contributed by atoms with van der Waals surface area (Å²) >= 11 is 6.08. The number of esters is 1. The standard InChI is InChI=1S/C28H30ClNO4/c1-15-11-16(2)21(13-19(15)14-34-24-10-9-20(29)12-17(24)3)26-25(28(32)33-5)18(4)30-22-7-6-8-23(31)27(22)26/h9-13,26,30H,6-8,14H2,1-5H3/t26-/m0/s1. The number of ketones is 1. The molecule has 0 aromatic heterocycles. The third kappa shape index (κ3) is 4.49. The molecule has 0 bridgehead atoms. The summed E-state index contributed by atoms with van der Waals surface area (Å²) in [4.78, 5) is 26.0. The van der Waals surface area contributed by atoms with Crippen LogP contribution in [0.2, 0.25) is 5.02 Å². The molecule has 178 valence electrons. The van der Waals surface area contributed by atoms with Gasteiger partial charge < -0.3 is 14.8 Å². The van der Waals surface area contributed by atoms with Gasteiger partial charge in [-0.15, -0.1) is 0 Å². The van der Waals surface area contributed by atoms with E-state index in [0.717, 1.165) is 57.8 Å². The summed E-state index contributed by atoms with van der Waals surface area (Å²) in [5.41, 5.74) is 7.84. The molecule has 34 heavy (non-hydrogen) atoms. The van der Waals surface area contributed by atoms with Gasteiger partial charge in [-0.05, 0) is 86.6 Å². The Labute approximate surface area is 205 Å². The van der Waals surface area contributed by atoms with E-state index in [1.54, 1.807) is 0 Å². The molecule has 5 nitrogen and oxygen atoms in total. The number of ether oxygens (including phenoxy) is 2. The Hall–Kier alpha value is -3.05. The second-order valence-corrected chi connectivity index (χ2v) is 9.53. The van der Waals surface area contributed by atoms with Crippen LogP contribution in [-0.4, -0.2) is 18.9 Å². The molecule has 1 N–H and O–H groups in total. The van der Waals surface area contributed by atoms with Crippen molar-refractivity contribution in [1.82, 2.24) is 5.32 Å². The van der Waals surface area contributed by atoms with Gasteiger partial charge in [-0.3, -0.25) is 4.79 Å². The Morgan fingerprint density at radius 2 is 1.82 bits per heavy atom. The number of hydrogen-bond acceptors (Lipinski definition) is 5. The van der Waals surface area contributed by atoms with Crippen LogP contribution in [0.4, 0.5) is 0 Å². The van der Waals surface area contributed by atoms with E-state index in [9.17, 15) is 9.59 Å². The number of Topliss-reactive ketones (excluding diaryl/α,β-unsaturated/α-hetero) is 1. The number of nitrogens with one attached hydrogen (secondary N) is 1. The first-order chi connectivity index (χ1) is 16.2. The fourth-order valence-corrected chi connectivity index (χ4v) is 5.21. The molecule has 2 aromatic rings. The quantitative estimate of drug-likeness (QED) is 0.534. The van der Waals surface area contributed by atoms with E-state index >= 15 is 0 Å². The fourth-order valence-electron chi connectivity index (χ4n) is 4.99. The minimum atomic E-state index is -0.465. The number of rotatable bonds is 5. The summed E-state index contributed by atoms with van der Waals surface area (Å²) in [5.74, 6) is -0.0314. The van der Waals surface area contributed by atoms with Crippen LogP contribution >= 0.6 is 11.6 Å². The molecule has 4 rings (SSSR count). The fraction of sp³-hybridized carbons (Fsp3) is 0.357. The van der Waals surface area contributed by atoms with Crippen molar-refractivity contribution in [1.29, 1.82) is 0 Å². The highest BCUT2D eigenvalue weighted by Crippen LogP contribution is 2.44. The van der Waals surface area contributed by atoms with Crippen LogP contribution in [0.15, 0.2) is 52.9 Å². The minimum absolute atomic E-state index is 0.0854. The average molecular weight is 480 g/mol. The first-order valence-corrected chi connectivity index (χ1v) is 11.9. The summed E-state index contributed by atoms with van der Waals surface area (Å²) in [6.07, 6.45) is 2.09. The highest BCUT2D eigenvalue weighted by Gasteiger charge is 2.39. The van der Waals surface area contributed by atoms with E-state index in [1.807, 2.05) is 45.9 Å². The molecule has 0 saturated carbocycles. The molecule has 1 aliphatic heterocycles. The van der Waals surface area contributed by atoms with Crippen molar-refractivity contribution in [3.8, 4) is 5.75 Å². The van der Waals surface area contributed by atoms with Crippen LogP contribution in [0.3, 0.4) is 0 Å². The first-order valence-electron chi connectivity index (χ1n) is 11.5. The van der Waals surface area contributed by atoms with Gasteiger partial charge in [0.25, 0.3) is 0 Å². The van der Waals surface area contributed by atoms with Gasteiger partial charge >= 0.3 is 5.97 Å². The number of dihydropyridines is 1. The Morgan fingerprint density at radius 1 is 1.06 bits per heavy atom. The topological polar surface area (TPSA) is 64.6 Å². The number of allylic oxidation sites excluding steroid dienone is 3. The van der Waals surface area contributed by atoms with Crippen molar-refractivity contribution < 1.29 is 19.1 Å². The Morgan fingerprint density at radius 3 is 2.53 bits per heavy atom. The zero-order valence-electron chi connectivity index (χ0n) is 20.3. The van der Waals surface area contributed by atoms with Gasteiger partial charge in [-0.1, -0.05) is 23.7 Å². The Balaban J connectivity index is 1.79. The summed E-state index contributed by atoms with van der Waals surface area (Å²) in [6, 6.07) is 9.73. The molecule has 0 radical (unpaired) electrons. The summed E-state index contributed by atoms with van der Waals surface area (Å²) in [5, 5.41) is 3.99. The number of carbonyl (C=O) groups excluding carboxylic acids is 2. The van der Waals surface area contributed by atoms with E-state index in [-0.39, 0.29) is 5.78 Å². The Bertz CT molecular complexity index is 1240. The van der Waals surface area contributed by atoms with Gasteiger partial charge in [0.2, 0.25) is 0 Å². The lowest BCUT2D eigenvalue weighted by Gasteiger charge is -2.35. The van der Waals surface area contributed by atoms with Crippen molar-refractivity contribution in [2.24, 2.45) is 0 Å². The number of benzene rings is 2. The zero-order chi connectivity index (χ0) is 24.6. The second kappa shape index (κ2) is 9.67. The number of aryl methyl sites for hydroxylation is 3. The van der Waals surface area contributed by atoms with Crippen molar-refractivity contribution in [2.75, 3.05) is 7.11 Å². The van der Waals surface area contributed by atoms with Crippen molar-refractivity contribution in [3.63, 3.8) is 0 Å². The van der Waals surface area contributed by atoms with E-state index in [0.29, 0.717) is 29.2 Å². The molecule has 2 aromatic carbocycles. The monoisotopic (exact) mass is 479 g/mol. The normalized spacial score (nSPS) is 17.9. The van der Waals surface area contributed by atoms with E-state index in [4.69, 9.17) is 21.1 Å². The molecule has 1 aliphatic carbocycles. The van der Waals surface area contributed by atoms with Gasteiger partial charge in [-0.25, -0.2) is 4.79 Å². The molecular weight excluding hydrogens is 450 g/mol. The molecule has 6 heteroatoms. The first kappa shape index (κ1) is 24.1. The van der Waals surface area contributed by atoms with Crippen molar-refractivity contribution in [2.45, 2.75) is 59.5 Å². The van der Waals surface area contributed by atoms with Crippen LogP contribution in [0.1, 0.15) is 59.9 Å². The van der Waals surface area contributed by atoms with Crippen LogP contribution < -0.4 is 10.1 Å². The molecule has 0 unspecified atom stereocenters. The summed E-state index contributed by atoms with van der Waals surface area (Å²) in [7, 11) is 1.38. The lowest BCUT2D eigenvalue weighted by atomic mass is 9.73. The predicted molar refractivity (Wildman–Crippen MR) is 133 cm³/mol. The summed E-state index contributed by atoms with van der Waals surface area (Å²) < 4.78 is 11.3. The third-order valence-electron chi connectivity index (χ3n) is 6.74. The number of carbonyl (C=O) groups is 2. The van der Waals surface area contributed by atoms with Crippen LogP contribution in [0.25, 0.3) is 0 Å². The van der Waals surface area contributed by atoms with E-state index < -0.39 is 11.9 Å². The molecule has 0 fully saturated rings. The third-order valence-corrected chi connectivity index (χ3v) is 6.97. The maximum atomic E-state index is 13.1.